The van der Waals surface area contributed by atoms with Gasteiger partial charge in [0.1, 0.15) is 5.69 Å². The average Bonchev–Trinajstić information content (AvgIpc) is 2.83. The summed E-state index contributed by atoms with van der Waals surface area (Å²) < 4.78 is 1.69. The fourth-order valence-corrected chi connectivity index (χ4v) is 2.49. The van der Waals surface area contributed by atoms with E-state index in [-0.39, 0.29) is 17.6 Å². The molecule has 20 heavy (non-hydrogen) atoms. The lowest BCUT2D eigenvalue weighted by Gasteiger charge is -2.34. The van der Waals surface area contributed by atoms with E-state index in [1.54, 1.807) is 9.47 Å². The lowest BCUT2D eigenvalue weighted by Crippen LogP contribution is -2.52. The fourth-order valence-electron chi connectivity index (χ4n) is 2.49. The number of carbonyl (C=O) groups is 1. The van der Waals surface area contributed by atoms with E-state index in [9.17, 15) is 14.9 Å². The quantitative estimate of drug-likeness (QED) is 0.664. The van der Waals surface area contributed by atoms with Crippen molar-refractivity contribution in [1.82, 2.24) is 14.8 Å². The zero-order chi connectivity index (χ0) is 14.7. The summed E-state index contributed by atoms with van der Waals surface area (Å²) in [5.41, 5.74) is 0.386. The van der Waals surface area contributed by atoms with Crippen molar-refractivity contribution < 1.29 is 9.72 Å². The molecule has 2 heterocycles. The molecule has 1 aliphatic rings. The molecular weight excluding hydrogens is 260 g/mol. The van der Waals surface area contributed by atoms with Gasteiger partial charge in [-0.2, -0.15) is 0 Å². The van der Waals surface area contributed by atoms with Crippen LogP contribution in [0.2, 0.25) is 0 Å². The van der Waals surface area contributed by atoms with E-state index in [0.29, 0.717) is 18.8 Å². The minimum Gasteiger partial charge on any atom is -0.337 e. The van der Waals surface area contributed by atoms with Gasteiger partial charge in [-0.05, 0) is 13.3 Å². The standard InChI is InChI=1S/C13H20N4O3/c1-3-5-15-9-11(17(19)20)7-12(15)13(18)16-6-4-14-8-10(16)2/h7,9-10,14H,3-6,8H2,1-2H3/t10-/m0/s1. The van der Waals surface area contributed by atoms with Gasteiger partial charge >= 0.3 is 0 Å². The van der Waals surface area contributed by atoms with Crippen molar-refractivity contribution in [3.63, 3.8) is 0 Å². The first kappa shape index (κ1) is 14.5. The summed E-state index contributed by atoms with van der Waals surface area (Å²) in [6, 6.07) is 1.48. The van der Waals surface area contributed by atoms with Crippen LogP contribution in [0.4, 0.5) is 5.69 Å². The van der Waals surface area contributed by atoms with Crippen molar-refractivity contribution in [3.05, 3.63) is 28.1 Å². The summed E-state index contributed by atoms with van der Waals surface area (Å²) in [6.07, 6.45) is 2.27. The Balaban J connectivity index is 2.29. The molecule has 0 spiro atoms. The first-order valence-corrected chi connectivity index (χ1v) is 6.90. The lowest BCUT2D eigenvalue weighted by atomic mass is 10.2. The summed E-state index contributed by atoms with van der Waals surface area (Å²) in [7, 11) is 0. The predicted molar refractivity (Wildman–Crippen MR) is 74.7 cm³/mol. The maximum atomic E-state index is 12.6. The Morgan fingerprint density at radius 2 is 2.35 bits per heavy atom. The molecule has 0 unspecified atom stereocenters. The van der Waals surface area contributed by atoms with Crippen LogP contribution in [0, 0.1) is 10.1 Å². The van der Waals surface area contributed by atoms with E-state index in [4.69, 9.17) is 0 Å². The van der Waals surface area contributed by atoms with Gasteiger partial charge in [-0.25, -0.2) is 0 Å². The summed E-state index contributed by atoms with van der Waals surface area (Å²) >= 11 is 0. The van der Waals surface area contributed by atoms with Gasteiger partial charge in [0, 0.05) is 38.3 Å². The summed E-state index contributed by atoms with van der Waals surface area (Å²) in [5, 5.41) is 14.1. The number of nitrogens with zero attached hydrogens (tertiary/aromatic N) is 3. The molecule has 1 aliphatic heterocycles. The number of nitrogens with one attached hydrogen (secondary N) is 1. The highest BCUT2D eigenvalue weighted by molar-refractivity contribution is 5.94. The highest BCUT2D eigenvalue weighted by Gasteiger charge is 2.28. The smallest absolute Gasteiger partial charge is 0.287 e. The SMILES string of the molecule is CCCn1cc([N+](=O)[O-])cc1C(=O)N1CCNC[C@@H]1C. The van der Waals surface area contributed by atoms with E-state index in [1.807, 2.05) is 13.8 Å². The van der Waals surface area contributed by atoms with E-state index in [1.165, 1.54) is 12.3 Å². The number of piperazine rings is 1. The third-order valence-electron chi connectivity index (χ3n) is 3.54. The molecule has 0 bridgehead atoms. The van der Waals surface area contributed by atoms with Crippen LogP contribution >= 0.6 is 0 Å². The monoisotopic (exact) mass is 280 g/mol. The molecule has 2 rings (SSSR count). The maximum absolute atomic E-state index is 12.6. The van der Waals surface area contributed by atoms with Gasteiger partial charge in [-0.1, -0.05) is 6.92 Å². The Hall–Kier alpha value is -1.89. The number of rotatable bonds is 4. The Labute approximate surface area is 117 Å². The summed E-state index contributed by atoms with van der Waals surface area (Å²) in [6.45, 7) is 6.70. The maximum Gasteiger partial charge on any atom is 0.287 e. The number of nitro groups is 1. The molecule has 0 aliphatic carbocycles. The minimum absolute atomic E-state index is 0.0235. The van der Waals surface area contributed by atoms with Crippen molar-refractivity contribution in [3.8, 4) is 0 Å². The molecule has 1 fully saturated rings. The van der Waals surface area contributed by atoms with Gasteiger partial charge in [0.2, 0.25) is 0 Å². The molecule has 0 radical (unpaired) electrons. The van der Waals surface area contributed by atoms with Gasteiger partial charge in [0.25, 0.3) is 11.6 Å². The Kier molecular flexibility index (Phi) is 4.39. The molecule has 1 aromatic heterocycles. The number of aromatic nitrogens is 1. The normalized spacial score (nSPS) is 19.1. The van der Waals surface area contributed by atoms with Crippen molar-refractivity contribution in [2.24, 2.45) is 0 Å². The number of carbonyl (C=O) groups excluding carboxylic acids is 1. The van der Waals surface area contributed by atoms with Gasteiger partial charge in [0.05, 0.1) is 11.1 Å². The van der Waals surface area contributed by atoms with E-state index in [0.717, 1.165) is 19.5 Å². The van der Waals surface area contributed by atoms with Crippen LogP contribution in [0.5, 0.6) is 0 Å². The molecule has 7 heteroatoms. The number of hydrogen-bond donors (Lipinski definition) is 1. The first-order valence-electron chi connectivity index (χ1n) is 6.90. The number of aryl methyl sites for hydroxylation is 1. The molecular formula is C13H20N4O3. The van der Waals surface area contributed by atoms with Crippen LogP contribution < -0.4 is 5.32 Å². The Bertz CT molecular complexity index is 512. The van der Waals surface area contributed by atoms with Crippen LogP contribution in [0.3, 0.4) is 0 Å². The van der Waals surface area contributed by atoms with Crippen LogP contribution in [0.15, 0.2) is 12.3 Å². The third kappa shape index (κ3) is 2.82. The minimum atomic E-state index is -0.454. The molecule has 1 aromatic rings. The second-order valence-corrected chi connectivity index (χ2v) is 5.09. The summed E-state index contributed by atoms with van der Waals surface area (Å²) in [4.78, 5) is 24.8. The van der Waals surface area contributed by atoms with Gasteiger partial charge in [-0.3, -0.25) is 14.9 Å². The molecule has 0 saturated carbocycles. The number of amides is 1. The second-order valence-electron chi connectivity index (χ2n) is 5.09. The fraction of sp³-hybridized carbons (Fsp3) is 0.615. The molecule has 7 nitrogen and oxygen atoms in total. The Morgan fingerprint density at radius 3 is 2.95 bits per heavy atom. The second kappa shape index (κ2) is 6.04. The molecule has 1 saturated heterocycles. The molecule has 0 aromatic carbocycles. The topological polar surface area (TPSA) is 80.4 Å². The van der Waals surface area contributed by atoms with Crippen molar-refractivity contribution in [1.29, 1.82) is 0 Å². The zero-order valence-corrected chi connectivity index (χ0v) is 11.8. The lowest BCUT2D eigenvalue weighted by molar-refractivity contribution is -0.384. The van der Waals surface area contributed by atoms with Crippen LogP contribution in [0.25, 0.3) is 0 Å². The average molecular weight is 280 g/mol. The predicted octanol–water partition coefficient (Wildman–Crippen LogP) is 1.24. The highest BCUT2D eigenvalue weighted by Crippen LogP contribution is 2.20. The molecule has 1 atom stereocenters. The first-order chi connectivity index (χ1) is 9.54. The highest BCUT2D eigenvalue weighted by atomic mass is 16.6. The van der Waals surface area contributed by atoms with Crippen LogP contribution in [0.1, 0.15) is 30.8 Å². The Morgan fingerprint density at radius 1 is 1.60 bits per heavy atom. The van der Waals surface area contributed by atoms with E-state index < -0.39 is 4.92 Å². The van der Waals surface area contributed by atoms with Crippen molar-refractivity contribution in [2.45, 2.75) is 32.9 Å². The van der Waals surface area contributed by atoms with Crippen molar-refractivity contribution >= 4 is 11.6 Å². The van der Waals surface area contributed by atoms with Gasteiger partial charge in [0.15, 0.2) is 0 Å². The zero-order valence-electron chi connectivity index (χ0n) is 11.8. The summed E-state index contributed by atoms with van der Waals surface area (Å²) in [5.74, 6) is -0.124. The third-order valence-corrected chi connectivity index (χ3v) is 3.54. The van der Waals surface area contributed by atoms with Gasteiger partial charge in [-0.15, -0.1) is 0 Å². The largest absolute Gasteiger partial charge is 0.337 e. The van der Waals surface area contributed by atoms with Crippen LogP contribution in [-0.4, -0.2) is 46.0 Å². The van der Waals surface area contributed by atoms with Gasteiger partial charge < -0.3 is 14.8 Å². The molecule has 1 N–H and O–H groups in total. The molecule has 1 amide bonds. The van der Waals surface area contributed by atoms with Crippen molar-refractivity contribution in [2.75, 3.05) is 19.6 Å². The molecule has 110 valence electrons. The van der Waals surface area contributed by atoms with Crippen LogP contribution in [-0.2, 0) is 6.54 Å². The number of hydrogen-bond acceptors (Lipinski definition) is 4. The van der Waals surface area contributed by atoms with E-state index >= 15 is 0 Å². The van der Waals surface area contributed by atoms with E-state index in [2.05, 4.69) is 5.32 Å².